The zero-order valence-corrected chi connectivity index (χ0v) is 21.1. The number of fused-ring (bicyclic) bond motifs is 1. The first-order valence-electron chi connectivity index (χ1n) is 11.0. The molecule has 0 aliphatic carbocycles. The SMILES string of the molecule is CCOC(=O)N1CCN(S(=O)(=O)c2ccc(C(=O)N=c3sc4ccc([N+](=O)[O-])cc4n3C)cc2)CC1. The van der Waals surface area contributed by atoms with Gasteiger partial charge in [0.2, 0.25) is 10.0 Å². The van der Waals surface area contributed by atoms with Gasteiger partial charge in [-0.05, 0) is 37.3 Å². The van der Waals surface area contributed by atoms with Crippen LogP contribution in [0.5, 0.6) is 0 Å². The van der Waals surface area contributed by atoms with E-state index in [9.17, 15) is 28.1 Å². The van der Waals surface area contributed by atoms with E-state index in [0.717, 1.165) is 4.70 Å². The molecule has 2 heterocycles. The van der Waals surface area contributed by atoms with Gasteiger partial charge in [0.15, 0.2) is 4.80 Å². The van der Waals surface area contributed by atoms with E-state index in [0.29, 0.717) is 10.3 Å². The maximum absolute atomic E-state index is 13.0. The molecule has 0 bridgehead atoms. The monoisotopic (exact) mass is 533 g/mol. The third-order valence-electron chi connectivity index (χ3n) is 5.70. The predicted molar refractivity (Wildman–Crippen MR) is 131 cm³/mol. The molecule has 2 amide bonds. The van der Waals surface area contributed by atoms with E-state index >= 15 is 0 Å². The lowest BCUT2D eigenvalue weighted by Gasteiger charge is -2.33. The first-order chi connectivity index (χ1) is 17.1. The molecule has 2 aromatic carbocycles. The van der Waals surface area contributed by atoms with E-state index in [1.807, 2.05) is 0 Å². The molecule has 0 saturated carbocycles. The quantitative estimate of drug-likeness (QED) is 0.362. The normalized spacial score (nSPS) is 15.3. The second kappa shape index (κ2) is 10.2. The molecule has 36 heavy (non-hydrogen) atoms. The molecule has 12 nitrogen and oxygen atoms in total. The van der Waals surface area contributed by atoms with Gasteiger partial charge in [-0.2, -0.15) is 9.30 Å². The second-order valence-electron chi connectivity index (χ2n) is 7.88. The number of carbonyl (C=O) groups is 2. The number of hydrogen-bond acceptors (Lipinski definition) is 8. The van der Waals surface area contributed by atoms with Crippen LogP contribution in [0.1, 0.15) is 17.3 Å². The summed E-state index contributed by atoms with van der Waals surface area (Å²) in [6, 6.07) is 9.90. The lowest BCUT2D eigenvalue weighted by molar-refractivity contribution is -0.384. The summed E-state index contributed by atoms with van der Waals surface area (Å²) in [5, 5.41) is 11.0. The van der Waals surface area contributed by atoms with Crippen molar-refractivity contribution in [3.05, 3.63) is 62.9 Å². The van der Waals surface area contributed by atoms with Crippen molar-refractivity contribution in [2.45, 2.75) is 11.8 Å². The van der Waals surface area contributed by atoms with Gasteiger partial charge in [0, 0.05) is 50.9 Å². The van der Waals surface area contributed by atoms with Gasteiger partial charge in [-0.3, -0.25) is 14.9 Å². The molecule has 1 fully saturated rings. The Kier molecular flexibility index (Phi) is 7.19. The minimum Gasteiger partial charge on any atom is -0.450 e. The van der Waals surface area contributed by atoms with Gasteiger partial charge in [-0.15, -0.1) is 0 Å². The lowest BCUT2D eigenvalue weighted by atomic mass is 10.2. The molecule has 190 valence electrons. The second-order valence-corrected chi connectivity index (χ2v) is 10.8. The highest BCUT2D eigenvalue weighted by molar-refractivity contribution is 7.89. The van der Waals surface area contributed by atoms with Gasteiger partial charge in [0.25, 0.3) is 11.6 Å². The van der Waals surface area contributed by atoms with Crippen LogP contribution >= 0.6 is 11.3 Å². The standard InChI is InChI=1S/C22H23N5O7S2/c1-3-34-22(29)25-10-12-26(13-11-25)36(32,33)17-7-4-15(5-8-17)20(28)23-21-24(2)18-14-16(27(30)31)6-9-19(18)35-21/h4-9,14H,3,10-13H2,1-2H3. The van der Waals surface area contributed by atoms with Crippen molar-refractivity contribution in [1.29, 1.82) is 0 Å². The molecule has 1 aliphatic heterocycles. The molecule has 14 heteroatoms. The fourth-order valence-electron chi connectivity index (χ4n) is 3.73. The molecule has 0 atom stereocenters. The summed E-state index contributed by atoms with van der Waals surface area (Å²) in [4.78, 5) is 41.1. The van der Waals surface area contributed by atoms with Crippen LogP contribution in [0.25, 0.3) is 10.2 Å². The summed E-state index contributed by atoms with van der Waals surface area (Å²) in [6.45, 7) is 2.68. The van der Waals surface area contributed by atoms with Crippen LogP contribution in [0.3, 0.4) is 0 Å². The van der Waals surface area contributed by atoms with E-state index in [1.54, 1.807) is 24.6 Å². The Morgan fingerprint density at radius 2 is 1.78 bits per heavy atom. The third-order valence-corrected chi connectivity index (χ3v) is 8.73. The number of aryl methyl sites for hydroxylation is 1. The average molecular weight is 534 g/mol. The number of aromatic nitrogens is 1. The van der Waals surface area contributed by atoms with E-state index < -0.39 is 26.9 Å². The van der Waals surface area contributed by atoms with Crippen LogP contribution < -0.4 is 4.80 Å². The number of ether oxygens (including phenoxy) is 1. The third kappa shape index (κ3) is 5.01. The number of sulfonamides is 1. The van der Waals surface area contributed by atoms with E-state index in [4.69, 9.17) is 4.74 Å². The number of rotatable bonds is 5. The molecule has 0 radical (unpaired) electrons. The molecule has 0 unspecified atom stereocenters. The minimum atomic E-state index is -3.80. The average Bonchev–Trinajstić information content (AvgIpc) is 3.18. The maximum Gasteiger partial charge on any atom is 0.409 e. The van der Waals surface area contributed by atoms with Crippen molar-refractivity contribution < 1.29 is 27.7 Å². The zero-order chi connectivity index (χ0) is 26.0. The molecule has 4 rings (SSSR count). The van der Waals surface area contributed by atoms with E-state index in [1.165, 1.54) is 56.9 Å². The number of nitro benzene ring substituents is 1. The van der Waals surface area contributed by atoms with Crippen LogP contribution in [-0.2, 0) is 21.8 Å². The molecule has 0 N–H and O–H groups in total. The fraction of sp³-hybridized carbons (Fsp3) is 0.318. The molecular formula is C22H23N5O7S2. The van der Waals surface area contributed by atoms with Crippen molar-refractivity contribution in [1.82, 2.24) is 13.8 Å². The van der Waals surface area contributed by atoms with Crippen LogP contribution in [-0.4, -0.2) is 71.9 Å². The fourth-order valence-corrected chi connectivity index (χ4v) is 6.15. The molecule has 0 spiro atoms. The maximum atomic E-state index is 13.0. The van der Waals surface area contributed by atoms with Gasteiger partial charge in [0.05, 0.1) is 26.6 Å². The minimum absolute atomic E-state index is 0.0309. The Labute approximate surface area is 210 Å². The topological polar surface area (TPSA) is 144 Å². The molecule has 1 aliphatic rings. The van der Waals surface area contributed by atoms with Crippen molar-refractivity contribution in [2.75, 3.05) is 32.8 Å². The molecule has 1 saturated heterocycles. The van der Waals surface area contributed by atoms with E-state index in [-0.39, 0.29) is 48.9 Å². The highest BCUT2D eigenvalue weighted by Gasteiger charge is 2.30. The molecule has 1 aromatic heterocycles. The van der Waals surface area contributed by atoms with Gasteiger partial charge in [-0.1, -0.05) is 11.3 Å². The number of amides is 2. The Morgan fingerprint density at radius 3 is 2.39 bits per heavy atom. The van der Waals surface area contributed by atoms with Crippen molar-refractivity contribution in [3.63, 3.8) is 0 Å². The summed E-state index contributed by atoms with van der Waals surface area (Å²) >= 11 is 1.21. The lowest BCUT2D eigenvalue weighted by Crippen LogP contribution is -2.50. The number of piperazine rings is 1. The van der Waals surface area contributed by atoms with Crippen molar-refractivity contribution in [2.24, 2.45) is 12.0 Å². The van der Waals surface area contributed by atoms with Gasteiger partial charge < -0.3 is 14.2 Å². The van der Waals surface area contributed by atoms with Crippen molar-refractivity contribution in [3.8, 4) is 0 Å². The van der Waals surface area contributed by atoms with Crippen LogP contribution in [0.15, 0.2) is 52.4 Å². The number of hydrogen-bond donors (Lipinski definition) is 0. The van der Waals surface area contributed by atoms with Crippen LogP contribution in [0, 0.1) is 10.1 Å². The van der Waals surface area contributed by atoms with Crippen molar-refractivity contribution >= 4 is 49.3 Å². The predicted octanol–water partition coefficient (Wildman–Crippen LogP) is 2.35. The summed E-state index contributed by atoms with van der Waals surface area (Å²) in [5.74, 6) is -0.571. The van der Waals surface area contributed by atoms with Crippen LogP contribution in [0.2, 0.25) is 0 Å². The van der Waals surface area contributed by atoms with Gasteiger partial charge in [-0.25, -0.2) is 13.2 Å². The summed E-state index contributed by atoms with van der Waals surface area (Å²) in [5.41, 5.74) is 0.711. The number of carbonyl (C=O) groups excluding carboxylic acids is 2. The number of nitrogens with zero attached hydrogens (tertiary/aromatic N) is 5. The number of benzene rings is 2. The Balaban J connectivity index is 1.51. The van der Waals surface area contributed by atoms with Gasteiger partial charge >= 0.3 is 6.09 Å². The van der Waals surface area contributed by atoms with Crippen LogP contribution in [0.4, 0.5) is 10.5 Å². The number of nitro groups is 1. The first kappa shape index (κ1) is 25.5. The Bertz CT molecular complexity index is 1500. The van der Waals surface area contributed by atoms with E-state index in [2.05, 4.69) is 4.99 Å². The summed E-state index contributed by atoms with van der Waals surface area (Å²) < 4.78 is 34.6. The molecule has 3 aromatic rings. The first-order valence-corrected chi connectivity index (χ1v) is 13.2. The highest BCUT2D eigenvalue weighted by Crippen LogP contribution is 2.23. The number of thiazole rings is 1. The smallest absolute Gasteiger partial charge is 0.409 e. The summed E-state index contributed by atoms with van der Waals surface area (Å²) in [7, 11) is -2.15. The van der Waals surface area contributed by atoms with Gasteiger partial charge in [0.1, 0.15) is 0 Å². The molecular weight excluding hydrogens is 510 g/mol. The largest absolute Gasteiger partial charge is 0.450 e. The summed E-state index contributed by atoms with van der Waals surface area (Å²) in [6.07, 6.45) is -0.466. The zero-order valence-electron chi connectivity index (χ0n) is 19.5. The Morgan fingerprint density at radius 1 is 1.11 bits per heavy atom. The highest BCUT2D eigenvalue weighted by atomic mass is 32.2. The Hall–Kier alpha value is -3.62. The number of non-ortho nitro benzene ring substituents is 1.